The molecule has 3 N–H and O–H groups in total. The van der Waals surface area contributed by atoms with Crippen molar-refractivity contribution < 1.29 is 19.1 Å². The Morgan fingerprint density at radius 3 is 2.62 bits per heavy atom. The second-order valence-electron chi connectivity index (χ2n) is 6.14. The van der Waals surface area contributed by atoms with Crippen molar-refractivity contribution in [3.05, 3.63) is 29.8 Å². The van der Waals surface area contributed by atoms with Gasteiger partial charge in [-0.3, -0.25) is 14.4 Å². The SMILES string of the molecule is C[C@H](OC(=O)CCCC[C@@H]1CCSS1)C(=O)Nc1ccc(C(N)=O)cc1. The predicted octanol–water partition coefficient (Wildman–Crippen LogP) is 3.37. The van der Waals surface area contributed by atoms with Crippen LogP contribution in [0.5, 0.6) is 0 Å². The highest BCUT2D eigenvalue weighted by Gasteiger charge is 2.19. The molecule has 2 rings (SSSR count). The van der Waals surface area contributed by atoms with Gasteiger partial charge in [0, 0.05) is 28.7 Å². The molecule has 1 saturated heterocycles. The standard InChI is InChI=1S/C18H24N2O4S2/c1-12(18(23)20-14-8-6-13(7-9-14)17(19)22)24-16(21)5-3-2-4-15-10-11-25-26-15/h6-9,12,15H,2-5,10-11H2,1H3,(H2,19,22)(H,20,23)/t12-,15+/m0/s1. The van der Waals surface area contributed by atoms with E-state index >= 15 is 0 Å². The lowest BCUT2D eigenvalue weighted by Gasteiger charge is -2.14. The van der Waals surface area contributed by atoms with Gasteiger partial charge in [-0.2, -0.15) is 0 Å². The molecule has 8 heteroatoms. The maximum absolute atomic E-state index is 12.1. The van der Waals surface area contributed by atoms with Gasteiger partial charge in [-0.15, -0.1) is 0 Å². The van der Waals surface area contributed by atoms with Crippen LogP contribution in [0.4, 0.5) is 5.69 Å². The number of esters is 1. The Kier molecular flexibility index (Phi) is 8.31. The van der Waals surface area contributed by atoms with E-state index in [9.17, 15) is 14.4 Å². The number of unbranched alkanes of at least 4 members (excludes halogenated alkanes) is 1. The van der Waals surface area contributed by atoms with E-state index in [2.05, 4.69) is 5.32 Å². The zero-order chi connectivity index (χ0) is 18.9. The van der Waals surface area contributed by atoms with E-state index in [4.69, 9.17) is 10.5 Å². The van der Waals surface area contributed by atoms with E-state index in [0.717, 1.165) is 19.3 Å². The third-order valence-corrected chi connectivity index (χ3v) is 7.01. The molecular weight excluding hydrogens is 372 g/mol. The van der Waals surface area contributed by atoms with Gasteiger partial charge in [0.15, 0.2) is 6.10 Å². The fourth-order valence-corrected chi connectivity index (χ4v) is 5.50. The number of rotatable bonds is 9. The van der Waals surface area contributed by atoms with Gasteiger partial charge < -0.3 is 15.8 Å². The summed E-state index contributed by atoms with van der Waals surface area (Å²) in [5.41, 5.74) is 6.03. The van der Waals surface area contributed by atoms with Crippen molar-refractivity contribution in [3.8, 4) is 0 Å². The highest BCUT2D eigenvalue weighted by Crippen LogP contribution is 2.39. The van der Waals surface area contributed by atoms with E-state index in [1.54, 1.807) is 12.1 Å². The van der Waals surface area contributed by atoms with E-state index < -0.39 is 17.9 Å². The minimum atomic E-state index is -0.875. The van der Waals surface area contributed by atoms with Crippen LogP contribution in [-0.2, 0) is 14.3 Å². The Labute approximate surface area is 161 Å². The second-order valence-corrected chi connectivity index (χ2v) is 8.93. The van der Waals surface area contributed by atoms with Crippen LogP contribution >= 0.6 is 21.6 Å². The molecule has 0 bridgehead atoms. The second kappa shape index (κ2) is 10.5. The van der Waals surface area contributed by atoms with Gasteiger partial charge >= 0.3 is 5.97 Å². The monoisotopic (exact) mass is 396 g/mol. The van der Waals surface area contributed by atoms with Crippen molar-refractivity contribution in [1.82, 2.24) is 0 Å². The number of nitrogens with one attached hydrogen (secondary N) is 1. The smallest absolute Gasteiger partial charge is 0.306 e. The van der Waals surface area contributed by atoms with Gasteiger partial charge in [0.05, 0.1) is 0 Å². The predicted molar refractivity (Wildman–Crippen MR) is 106 cm³/mol. The van der Waals surface area contributed by atoms with Crippen LogP contribution in [-0.4, -0.2) is 34.9 Å². The van der Waals surface area contributed by atoms with Gasteiger partial charge in [0.25, 0.3) is 5.91 Å². The van der Waals surface area contributed by atoms with Crippen molar-refractivity contribution in [2.24, 2.45) is 5.73 Å². The molecule has 1 aliphatic heterocycles. The Hall–Kier alpha value is -1.67. The summed E-state index contributed by atoms with van der Waals surface area (Å²) in [6.07, 6.45) is 3.61. The molecule has 0 saturated carbocycles. The van der Waals surface area contributed by atoms with Crippen molar-refractivity contribution in [3.63, 3.8) is 0 Å². The van der Waals surface area contributed by atoms with Crippen molar-refractivity contribution in [2.45, 2.75) is 50.4 Å². The minimum Gasteiger partial charge on any atom is -0.453 e. The van der Waals surface area contributed by atoms with Gasteiger partial charge in [0.1, 0.15) is 0 Å². The first-order valence-electron chi connectivity index (χ1n) is 8.64. The Morgan fingerprint density at radius 2 is 2.00 bits per heavy atom. The number of amides is 2. The van der Waals surface area contributed by atoms with Crippen LogP contribution in [0.25, 0.3) is 0 Å². The van der Waals surface area contributed by atoms with Crippen molar-refractivity contribution in [1.29, 1.82) is 0 Å². The van der Waals surface area contributed by atoms with E-state index in [0.29, 0.717) is 22.9 Å². The molecule has 1 heterocycles. The molecule has 1 aromatic rings. The fraction of sp³-hybridized carbons (Fsp3) is 0.500. The average molecular weight is 397 g/mol. The van der Waals surface area contributed by atoms with Crippen LogP contribution in [0, 0.1) is 0 Å². The molecule has 0 aliphatic carbocycles. The molecule has 142 valence electrons. The molecule has 0 aromatic heterocycles. The molecule has 1 fully saturated rings. The summed E-state index contributed by atoms with van der Waals surface area (Å²) >= 11 is 0. The zero-order valence-corrected chi connectivity index (χ0v) is 16.4. The van der Waals surface area contributed by atoms with Crippen molar-refractivity contribution >= 4 is 45.1 Å². The number of hydrogen-bond donors (Lipinski definition) is 2. The van der Waals surface area contributed by atoms with Crippen LogP contribution in [0.3, 0.4) is 0 Å². The highest BCUT2D eigenvalue weighted by molar-refractivity contribution is 8.77. The first-order valence-corrected chi connectivity index (χ1v) is 11.0. The molecule has 1 aromatic carbocycles. The number of ether oxygens (including phenoxy) is 1. The zero-order valence-electron chi connectivity index (χ0n) is 14.7. The van der Waals surface area contributed by atoms with Gasteiger partial charge in [-0.05, 0) is 50.5 Å². The van der Waals surface area contributed by atoms with E-state index in [1.165, 1.54) is 31.2 Å². The summed E-state index contributed by atoms with van der Waals surface area (Å²) in [5.74, 6) is -0.0832. The topological polar surface area (TPSA) is 98.5 Å². The number of hydrogen-bond acceptors (Lipinski definition) is 6. The largest absolute Gasteiger partial charge is 0.453 e. The lowest BCUT2D eigenvalue weighted by molar-refractivity contribution is -0.153. The average Bonchev–Trinajstić information content (AvgIpc) is 3.12. The third kappa shape index (κ3) is 6.92. The quantitative estimate of drug-likeness (QED) is 0.377. The maximum atomic E-state index is 12.1. The highest BCUT2D eigenvalue weighted by atomic mass is 33.1. The van der Waals surface area contributed by atoms with Gasteiger partial charge in [-0.1, -0.05) is 28.0 Å². The lowest BCUT2D eigenvalue weighted by atomic mass is 10.1. The van der Waals surface area contributed by atoms with Crippen LogP contribution < -0.4 is 11.1 Å². The molecule has 6 nitrogen and oxygen atoms in total. The number of benzene rings is 1. The summed E-state index contributed by atoms with van der Waals surface area (Å²) in [5, 5.41) is 3.35. The first kappa shape index (κ1) is 20.6. The van der Waals surface area contributed by atoms with Gasteiger partial charge in [0.2, 0.25) is 5.91 Å². The molecule has 0 unspecified atom stereocenters. The van der Waals surface area contributed by atoms with Crippen LogP contribution in [0.15, 0.2) is 24.3 Å². The molecule has 1 aliphatic rings. The summed E-state index contributed by atoms with van der Waals surface area (Å²) < 4.78 is 5.18. The Morgan fingerprint density at radius 1 is 1.27 bits per heavy atom. The summed E-state index contributed by atoms with van der Waals surface area (Å²) in [6, 6.07) is 6.20. The van der Waals surface area contributed by atoms with E-state index in [-0.39, 0.29) is 5.97 Å². The Balaban J connectivity index is 1.66. The van der Waals surface area contributed by atoms with Crippen LogP contribution in [0.2, 0.25) is 0 Å². The fourth-order valence-electron chi connectivity index (χ4n) is 2.48. The maximum Gasteiger partial charge on any atom is 0.306 e. The molecule has 2 atom stereocenters. The minimum absolute atomic E-state index is 0.329. The number of primary amides is 1. The third-order valence-electron chi connectivity index (χ3n) is 4.00. The normalized spacial score (nSPS) is 17.5. The van der Waals surface area contributed by atoms with Crippen molar-refractivity contribution in [2.75, 3.05) is 11.1 Å². The molecule has 0 spiro atoms. The Bertz CT molecular complexity index is 631. The number of nitrogens with two attached hydrogens (primary N) is 1. The number of anilines is 1. The molecule has 0 radical (unpaired) electrons. The van der Waals surface area contributed by atoms with Crippen LogP contribution in [0.1, 0.15) is 49.4 Å². The number of carbonyl (C=O) groups excluding carboxylic acids is 3. The summed E-state index contributed by atoms with van der Waals surface area (Å²) in [4.78, 5) is 35.0. The lowest BCUT2D eigenvalue weighted by Crippen LogP contribution is -2.29. The summed E-state index contributed by atoms with van der Waals surface area (Å²) in [6.45, 7) is 1.54. The molecule has 2 amide bonds. The number of carbonyl (C=O) groups is 3. The summed E-state index contributed by atoms with van der Waals surface area (Å²) in [7, 11) is 3.86. The van der Waals surface area contributed by atoms with Gasteiger partial charge in [-0.25, -0.2) is 0 Å². The first-order chi connectivity index (χ1) is 12.5. The molecular formula is C18H24N2O4S2. The molecule has 26 heavy (non-hydrogen) atoms. The van der Waals surface area contributed by atoms with E-state index in [1.807, 2.05) is 21.6 Å².